The molecule has 6 heteroatoms. The number of piperidine rings is 1. The number of carbonyl (C=O) groups is 2. The van der Waals surface area contributed by atoms with E-state index in [2.05, 4.69) is 12.1 Å². The minimum Gasteiger partial charge on any atom is -0.444 e. The Morgan fingerprint density at radius 3 is 2.33 bits per heavy atom. The topological polar surface area (TPSA) is 70.1 Å². The van der Waals surface area contributed by atoms with Crippen molar-refractivity contribution in [2.75, 3.05) is 31.1 Å². The fourth-order valence-corrected chi connectivity index (χ4v) is 3.80. The molecular formula is C21H30N2O4. The largest absolute Gasteiger partial charge is 0.444 e. The maximum atomic E-state index is 12.2. The molecule has 0 aromatic heterocycles. The van der Waals surface area contributed by atoms with Gasteiger partial charge in [-0.05, 0) is 57.2 Å². The summed E-state index contributed by atoms with van der Waals surface area (Å²) in [6.45, 7) is 7.68. The van der Waals surface area contributed by atoms with Gasteiger partial charge in [-0.1, -0.05) is 12.1 Å². The van der Waals surface area contributed by atoms with Crippen LogP contribution in [0.4, 0.5) is 10.5 Å². The molecule has 1 unspecified atom stereocenters. The zero-order chi connectivity index (χ0) is 19.6. The summed E-state index contributed by atoms with van der Waals surface area (Å²) in [4.78, 5) is 27.8. The zero-order valence-corrected chi connectivity index (χ0v) is 16.5. The van der Waals surface area contributed by atoms with E-state index in [1.54, 1.807) is 9.80 Å². The van der Waals surface area contributed by atoms with Gasteiger partial charge in [0.15, 0.2) is 0 Å². The van der Waals surface area contributed by atoms with Crippen LogP contribution in [0, 0.1) is 5.92 Å². The minimum atomic E-state index is -0.466. The summed E-state index contributed by atoms with van der Waals surface area (Å²) in [5.41, 5.74) is 1.67. The lowest BCUT2D eigenvalue weighted by Gasteiger charge is -2.33. The van der Waals surface area contributed by atoms with Crippen LogP contribution in [0.25, 0.3) is 0 Å². The van der Waals surface area contributed by atoms with E-state index in [1.165, 1.54) is 5.56 Å². The van der Waals surface area contributed by atoms with E-state index in [0.29, 0.717) is 32.0 Å². The van der Waals surface area contributed by atoms with Crippen molar-refractivity contribution >= 4 is 17.7 Å². The number of likely N-dealkylation sites (tertiary alicyclic amines) is 1. The van der Waals surface area contributed by atoms with Gasteiger partial charge < -0.3 is 19.6 Å². The molecule has 1 N–H and O–H groups in total. The number of aliphatic hydroxyl groups is 1. The van der Waals surface area contributed by atoms with Gasteiger partial charge in [0.05, 0.1) is 0 Å². The summed E-state index contributed by atoms with van der Waals surface area (Å²) in [5.74, 6) is 0.527. The van der Waals surface area contributed by atoms with Crippen LogP contribution in [-0.2, 0) is 9.53 Å². The fourth-order valence-electron chi connectivity index (χ4n) is 3.80. The number of rotatable bonds is 3. The molecule has 1 aromatic carbocycles. The van der Waals surface area contributed by atoms with Crippen LogP contribution >= 0.6 is 0 Å². The van der Waals surface area contributed by atoms with Gasteiger partial charge in [0.25, 0.3) is 0 Å². The Labute approximate surface area is 161 Å². The van der Waals surface area contributed by atoms with Gasteiger partial charge in [0.2, 0.25) is 5.91 Å². The minimum absolute atomic E-state index is 0.0364. The predicted octanol–water partition coefficient (Wildman–Crippen LogP) is 3.15. The van der Waals surface area contributed by atoms with Crippen molar-refractivity contribution in [3.05, 3.63) is 29.8 Å². The molecule has 6 nitrogen and oxygen atoms in total. The van der Waals surface area contributed by atoms with Crippen LogP contribution in [-0.4, -0.2) is 53.8 Å². The summed E-state index contributed by atoms with van der Waals surface area (Å²) >= 11 is 0. The van der Waals surface area contributed by atoms with Crippen molar-refractivity contribution in [3.8, 4) is 0 Å². The standard InChI is InChI=1S/C21H30N2O4/c1-21(2,3)27-20(26)22-10-8-17(9-11-22)16-4-6-18(7-5-16)23-13-15(14-24)12-19(23)25/h4-7,15,17,24H,8-14H2,1-3H3. The van der Waals surface area contributed by atoms with Crippen LogP contribution in [0.5, 0.6) is 0 Å². The lowest BCUT2D eigenvalue weighted by molar-refractivity contribution is -0.117. The van der Waals surface area contributed by atoms with E-state index in [4.69, 9.17) is 4.74 Å². The molecule has 1 aromatic rings. The highest BCUT2D eigenvalue weighted by atomic mass is 16.6. The molecule has 2 saturated heterocycles. The van der Waals surface area contributed by atoms with Gasteiger partial charge in [0.1, 0.15) is 5.60 Å². The van der Waals surface area contributed by atoms with Crippen molar-refractivity contribution in [2.24, 2.45) is 5.92 Å². The predicted molar refractivity (Wildman–Crippen MR) is 104 cm³/mol. The van der Waals surface area contributed by atoms with Crippen molar-refractivity contribution in [2.45, 2.75) is 51.6 Å². The van der Waals surface area contributed by atoms with Gasteiger partial charge in [0, 0.05) is 44.3 Å². The molecule has 3 rings (SSSR count). The molecule has 2 heterocycles. The highest BCUT2D eigenvalue weighted by Gasteiger charge is 2.31. The molecule has 0 spiro atoms. The number of aliphatic hydroxyl groups excluding tert-OH is 1. The third-order valence-corrected chi connectivity index (χ3v) is 5.29. The quantitative estimate of drug-likeness (QED) is 0.882. The van der Waals surface area contributed by atoms with Gasteiger partial charge in [-0.3, -0.25) is 4.79 Å². The van der Waals surface area contributed by atoms with Gasteiger partial charge in [-0.2, -0.15) is 0 Å². The van der Waals surface area contributed by atoms with Crippen LogP contribution in [0.1, 0.15) is 51.5 Å². The highest BCUT2D eigenvalue weighted by molar-refractivity contribution is 5.95. The van der Waals surface area contributed by atoms with Crippen LogP contribution < -0.4 is 4.90 Å². The van der Waals surface area contributed by atoms with E-state index < -0.39 is 5.60 Å². The Morgan fingerprint density at radius 2 is 1.81 bits per heavy atom. The number of ether oxygens (including phenoxy) is 1. The Balaban J connectivity index is 1.56. The molecule has 1 atom stereocenters. The lowest BCUT2D eigenvalue weighted by Crippen LogP contribution is -2.41. The molecule has 0 aliphatic carbocycles. The molecule has 2 amide bonds. The average Bonchev–Trinajstić information content (AvgIpc) is 3.01. The first-order chi connectivity index (χ1) is 12.8. The summed E-state index contributed by atoms with van der Waals surface area (Å²) < 4.78 is 5.45. The SMILES string of the molecule is CC(C)(C)OC(=O)N1CCC(c2ccc(N3CC(CO)CC3=O)cc2)CC1. The summed E-state index contributed by atoms with van der Waals surface area (Å²) in [6, 6.07) is 8.16. The fraction of sp³-hybridized carbons (Fsp3) is 0.619. The molecular weight excluding hydrogens is 344 g/mol. The molecule has 2 fully saturated rings. The summed E-state index contributed by atoms with van der Waals surface area (Å²) in [5, 5.41) is 9.27. The Kier molecular flexibility index (Phi) is 5.75. The van der Waals surface area contributed by atoms with Gasteiger partial charge >= 0.3 is 6.09 Å². The monoisotopic (exact) mass is 374 g/mol. The first kappa shape index (κ1) is 19.7. The van der Waals surface area contributed by atoms with Crippen molar-refractivity contribution in [3.63, 3.8) is 0 Å². The van der Waals surface area contributed by atoms with Gasteiger partial charge in [-0.25, -0.2) is 4.79 Å². The summed E-state index contributed by atoms with van der Waals surface area (Å²) in [7, 11) is 0. The second-order valence-electron chi connectivity index (χ2n) is 8.59. The number of nitrogens with zero attached hydrogens (tertiary/aromatic N) is 2. The zero-order valence-electron chi connectivity index (χ0n) is 16.5. The second kappa shape index (κ2) is 7.89. The van der Waals surface area contributed by atoms with Crippen molar-refractivity contribution in [1.29, 1.82) is 0 Å². The maximum absolute atomic E-state index is 12.2. The van der Waals surface area contributed by atoms with E-state index in [0.717, 1.165) is 18.5 Å². The molecule has 0 saturated carbocycles. The average molecular weight is 374 g/mol. The molecule has 27 heavy (non-hydrogen) atoms. The highest BCUT2D eigenvalue weighted by Crippen LogP contribution is 2.31. The lowest BCUT2D eigenvalue weighted by atomic mass is 9.89. The molecule has 2 aliphatic rings. The van der Waals surface area contributed by atoms with Crippen molar-refractivity contribution in [1.82, 2.24) is 4.90 Å². The molecule has 2 aliphatic heterocycles. The second-order valence-corrected chi connectivity index (χ2v) is 8.59. The first-order valence-corrected chi connectivity index (χ1v) is 9.76. The third-order valence-electron chi connectivity index (χ3n) is 5.29. The molecule has 0 bridgehead atoms. The van der Waals surface area contributed by atoms with E-state index in [1.807, 2.05) is 32.9 Å². The summed E-state index contributed by atoms with van der Waals surface area (Å²) in [6.07, 6.45) is 2.01. The number of benzene rings is 1. The van der Waals surface area contributed by atoms with Crippen LogP contribution in [0.3, 0.4) is 0 Å². The number of hydrogen-bond donors (Lipinski definition) is 1. The first-order valence-electron chi connectivity index (χ1n) is 9.76. The number of hydrogen-bond acceptors (Lipinski definition) is 4. The molecule has 148 valence electrons. The smallest absolute Gasteiger partial charge is 0.410 e. The van der Waals surface area contributed by atoms with Crippen LogP contribution in [0.2, 0.25) is 0 Å². The van der Waals surface area contributed by atoms with Crippen molar-refractivity contribution < 1.29 is 19.4 Å². The number of anilines is 1. The number of amides is 2. The van der Waals surface area contributed by atoms with Crippen LogP contribution in [0.15, 0.2) is 24.3 Å². The third kappa shape index (κ3) is 4.80. The van der Waals surface area contributed by atoms with E-state index >= 15 is 0 Å². The Morgan fingerprint density at radius 1 is 1.19 bits per heavy atom. The van der Waals surface area contributed by atoms with Gasteiger partial charge in [-0.15, -0.1) is 0 Å². The normalized spacial score (nSPS) is 21.6. The van der Waals surface area contributed by atoms with E-state index in [-0.39, 0.29) is 24.5 Å². The van der Waals surface area contributed by atoms with E-state index in [9.17, 15) is 14.7 Å². The Bertz CT molecular complexity index is 672. The maximum Gasteiger partial charge on any atom is 0.410 e. The number of carbonyl (C=O) groups excluding carboxylic acids is 2. The Hall–Kier alpha value is -2.08. The molecule has 0 radical (unpaired) electrons.